The summed E-state index contributed by atoms with van der Waals surface area (Å²) in [7, 11) is 2.24. The highest BCUT2D eigenvalue weighted by Gasteiger charge is 2.61. The van der Waals surface area contributed by atoms with Gasteiger partial charge in [-0.2, -0.15) is 9.78 Å². The summed E-state index contributed by atoms with van der Waals surface area (Å²) < 4.78 is 8.92. The van der Waals surface area contributed by atoms with Crippen molar-refractivity contribution in [3.63, 3.8) is 0 Å². The Hall–Kier alpha value is -1.02. The molecule has 0 aromatic rings. The second-order valence-corrected chi connectivity index (χ2v) is 2.25. The summed E-state index contributed by atoms with van der Waals surface area (Å²) in [5.41, 5.74) is 0. The fraction of sp³-hybridized carbons (Fsp3) is 0.667. The van der Waals surface area contributed by atoms with Gasteiger partial charge in [-0.3, -0.25) is 4.79 Å². The number of carboxylic acids is 1. The van der Waals surface area contributed by atoms with E-state index < -0.39 is 23.8 Å². The van der Waals surface area contributed by atoms with Gasteiger partial charge in [0.05, 0.1) is 0 Å². The lowest BCUT2D eigenvalue weighted by Crippen LogP contribution is -2.42. The molecule has 7 heteroatoms. The molecule has 74 valence electrons. The number of rotatable bonds is 5. The number of hydrogen-bond donors (Lipinski definition) is 1. The molecule has 1 atom stereocenters. The Balaban J connectivity index is 2.70. The minimum atomic E-state index is -1.89. The molecule has 1 aliphatic heterocycles. The molecule has 0 radical (unpaired) electrons. The highest BCUT2D eigenvalue weighted by atomic mass is 17.5. The molecule has 1 unspecified atom stereocenters. The zero-order chi connectivity index (χ0) is 10.1. The number of ketones is 1. The summed E-state index contributed by atoms with van der Waals surface area (Å²) in [4.78, 5) is 30.1. The van der Waals surface area contributed by atoms with Gasteiger partial charge < -0.3 is 14.6 Å². The van der Waals surface area contributed by atoms with Crippen LogP contribution < -0.4 is 0 Å². The topological polar surface area (TPSA) is 97.9 Å². The smallest absolute Gasteiger partial charge is 0.403 e. The van der Waals surface area contributed by atoms with Crippen molar-refractivity contribution < 1.29 is 33.9 Å². The number of methoxy groups -OCH3 is 2. The zero-order valence-electron chi connectivity index (χ0n) is 6.97. The van der Waals surface area contributed by atoms with Crippen LogP contribution in [0.4, 0.5) is 0 Å². The minimum Gasteiger partial charge on any atom is -0.479 e. The number of aliphatic carboxylic acids is 1. The van der Waals surface area contributed by atoms with E-state index in [1.165, 1.54) is 0 Å². The average Bonchev–Trinajstić information content (AvgIpc) is 2.84. The second-order valence-electron chi connectivity index (χ2n) is 2.25. The Morgan fingerprint density at radius 3 is 2.15 bits per heavy atom. The van der Waals surface area contributed by atoms with E-state index in [4.69, 9.17) is 5.11 Å². The molecule has 0 aromatic heterocycles. The van der Waals surface area contributed by atoms with Crippen LogP contribution >= 0.6 is 0 Å². The SMILES string of the molecule is COC(C(=O)O)C(=O)C1(OC)OO1. The first-order chi connectivity index (χ1) is 6.07. The van der Waals surface area contributed by atoms with E-state index in [1.54, 1.807) is 0 Å². The van der Waals surface area contributed by atoms with Crippen molar-refractivity contribution in [2.24, 2.45) is 0 Å². The van der Waals surface area contributed by atoms with E-state index >= 15 is 0 Å². The van der Waals surface area contributed by atoms with Crippen molar-refractivity contribution in [1.29, 1.82) is 0 Å². The fourth-order valence-electron chi connectivity index (χ4n) is 0.769. The first-order valence-electron chi connectivity index (χ1n) is 3.29. The molecule has 13 heavy (non-hydrogen) atoms. The lowest BCUT2D eigenvalue weighted by Gasteiger charge is -2.09. The van der Waals surface area contributed by atoms with Gasteiger partial charge in [-0.15, -0.1) is 0 Å². The first kappa shape index (κ1) is 10.1. The third kappa shape index (κ3) is 1.68. The number of carbonyl (C=O) groups excluding carboxylic acids is 1. The maximum Gasteiger partial charge on any atom is 0.403 e. The summed E-state index contributed by atoms with van der Waals surface area (Å²) in [6.07, 6.45) is -1.65. The maximum absolute atomic E-state index is 11.3. The van der Waals surface area contributed by atoms with Crippen LogP contribution in [-0.2, 0) is 28.8 Å². The number of Topliss-reactive ketones (excluding diaryl/α,β-unsaturated/α-hetero) is 1. The van der Waals surface area contributed by atoms with E-state index in [0.29, 0.717) is 0 Å². The Labute approximate surface area is 73.1 Å². The van der Waals surface area contributed by atoms with Gasteiger partial charge in [0.25, 0.3) is 5.78 Å². The Kier molecular flexibility index (Phi) is 2.62. The molecule has 0 bridgehead atoms. The molecule has 1 N–H and O–H groups in total. The van der Waals surface area contributed by atoms with Crippen LogP contribution in [0, 0.1) is 0 Å². The minimum absolute atomic E-state index is 0.940. The molecule has 1 rings (SSSR count). The van der Waals surface area contributed by atoms with Gasteiger partial charge in [-0.05, 0) is 0 Å². The average molecular weight is 192 g/mol. The molecule has 7 nitrogen and oxygen atoms in total. The molecule has 0 spiro atoms. The van der Waals surface area contributed by atoms with E-state index in [1.807, 2.05) is 0 Å². The highest BCUT2D eigenvalue weighted by Crippen LogP contribution is 2.32. The predicted octanol–water partition coefficient (Wildman–Crippen LogP) is -1.08. The van der Waals surface area contributed by atoms with Crippen LogP contribution in [0.25, 0.3) is 0 Å². The summed E-state index contributed by atoms with van der Waals surface area (Å²) in [6.45, 7) is 0. The van der Waals surface area contributed by atoms with Crippen molar-refractivity contribution in [2.75, 3.05) is 14.2 Å². The van der Waals surface area contributed by atoms with Crippen molar-refractivity contribution in [1.82, 2.24) is 0 Å². The molecule has 0 aliphatic carbocycles. The number of hydrogen-bond acceptors (Lipinski definition) is 6. The van der Waals surface area contributed by atoms with Crippen LogP contribution in [-0.4, -0.2) is 43.2 Å². The third-order valence-electron chi connectivity index (χ3n) is 1.50. The molecule has 0 saturated carbocycles. The van der Waals surface area contributed by atoms with Crippen LogP contribution in [0.15, 0.2) is 0 Å². The highest BCUT2D eigenvalue weighted by molar-refractivity contribution is 6.04. The van der Waals surface area contributed by atoms with Crippen molar-refractivity contribution in [3.8, 4) is 0 Å². The second kappa shape index (κ2) is 3.38. The maximum atomic E-state index is 11.3. The largest absolute Gasteiger partial charge is 0.479 e. The third-order valence-corrected chi connectivity index (χ3v) is 1.50. The Morgan fingerprint density at radius 1 is 1.38 bits per heavy atom. The predicted molar refractivity (Wildman–Crippen MR) is 35.3 cm³/mol. The van der Waals surface area contributed by atoms with E-state index in [2.05, 4.69) is 19.2 Å². The van der Waals surface area contributed by atoms with Crippen LogP contribution in [0.2, 0.25) is 0 Å². The van der Waals surface area contributed by atoms with Gasteiger partial charge in [0.2, 0.25) is 6.10 Å². The van der Waals surface area contributed by atoms with Crippen molar-refractivity contribution >= 4 is 11.8 Å². The zero-order valence-corrected chi connectivity index (χ0v) is 6.97. The molecule has 1 fully saturated rings. The van der Waals surface area contributed by atoms with Crippen molar-refractivity contribution in [3.05, 3.63) is 0 Å². The van der Waals surface area contributed by atoms with Gasteiger partial charge in [0.1, 0.15) is 0 Å². The van der Waals surface area contributed by atoms with E-state index in [9.17, 15) is 9.59 Å². The number of carbonyl (C=O) groups is 2. The quantitative estimate of drug-likeness (QED) is 0.336. The standard InChI is InChI=1S/C6H8O7/c1-10-3(5(8)9)4(7)6(11-2)12-13-6/h3H,1-2H3,(H,8,9). The van der Waals surface area contributed by atoms with Crippen LogP contribution in [0.1, 0.15) is 0 Å². The summed E-state index contributed by atoms with van der Waals surface area (Å²) in [5, 5.41) is 8.52. The van der Waals surface area contributed by atoms with Crippen LogP contribution in [0.5, 0.6) is 0 Å². The van der Waals surface area contributed by atoms with Gasteiger partial charge >= 0.3 is 11.9 Å². The molecule has 1 heterocycles. The molecular weight excluding hydrogens is 184 g/mol. The molecule has 1 saturated heterocycles. The Morgan fingerprint density at radius 2 is 1.92 bits per heavy atom. The fourth-order valence-corrected chi connectivity index (χ4v) is 0.769. The molecule has 1 aliphatic rings. The van der Waals surface area contributed by atoms with Gasteiger partial charge in [0.15, 0.2) is 0 Å². The number of carboxylic acid groups (broad SMARTS) is 1. The van der Waals surface area contributed by atoms with Gasteiger partial charge in [0, 0.05) is 14.2 Å². The van der Waals surface area contributed by atoms with E-state index in [0.717, 1.165) is 14.2 Å². The summed E-state index contributed by atoms with van der Waals surface area (Å²) in [5.74, 6) is -4.26. The molecule has 0 aromatic carbocycles. The van der Waals surface area contributed by atoms with Gasteiger partial charge in [-0.1, -0.05) is 0 Å². The van der Waals surface area contributed by atoms with Crippen molar-refractivity contribution in [2.45, 2.75) is 12.1 Å². The monoisotopic (exact) mass is 192 g/mol. The summed E-state index contributed by atoms with van der Waals surface area (Å²) >= 11 is 0. The van der Waals surface area contributed by atoms with Gasteiger partial charge in [-0.25, -0.2) is 4.79 Å². The van der Waals surface area contributed by atoms with Crippen LogP contribution in [0.3, 0.4) is 0 Å². The Bertz CT molecular complexity index is 231. The number of ether oxygens (including phenoxy) is 2. The normalized spacial score (nSPS) is 20.8. The first-order valence-corrected chi connectivity index (χ1v) is 3.29. The molecule has 0 amide bonds. The van der Waals surface area contributed by atoms with E-state index in [-0.39, 0.29) is 0 Å². The summed E-state index contributed by atoms with van der Waals surface area (Å²) in [6, 6.07) is 0. The lowest BCUT2D eigenvalue weighted by molar-refractivity contribution is -0.166. The molecular formula is C6H8O7. The lowest BCUT2D eigenvalue weighted by atomic mass is 10.2.